The molecule has 0 aliphatic heterocycles. The molecule has 0 bridgehead atoms. The lowest BCUT2D eigenvalue weighted by molar-refractivity contribution is 0.283. The number of thiazole rings is 1. The molecule has 0 amide bonds. The van der Waals surface area contributed by atoms with Crippen LogP contribution in [0.5, 0.6) is 0 Å². The third-order valence-electron chi connectivity index (χ3n) is 3.36. The van der Waals surface area contributed by atoms with Crippen molar-refractivity contribution < 1.29 is 8.42 Å². The zero-order chi connectivity index (χ0) is 13.0. The summed E-state index contributed by atoms with van der Waals surface area (Å²) in [5.74, 6) is 0. The first-order valence-corrected chi connectivity index (χ1v) is 8.52. The first-order chi connectivity index (χ1) is 8.59. The number of hydrogen-bond acceptors (Lipinski definition) is 4. The van der Waals surface area contributed by atoms with Crippen molar-refractivity contribution in [2.45, 2.75) is 44.7 Å². The molecular formula is C11H19N3O2S2. The van der Waals surface area contributed by atoms with Gasteiger partial charge in [0.15, 0.2) is 0 Å². The molecule has 0 atom stereocenters. The Balaban J connectivity index is 1.92. The molecule has 7 heteroatoms. The summed E-state index contributed by atoms with van der Waals surface area (Å²) >= 11 is 1.45. The smallest absolute Gasteiger partial charge is 0.248 e. The normalized spacial score (nSPS) is 18.3. The van der Waals surface area contributed by atoms with Gasteiger partial charge in [0.1, 0.15) is 5.01 Å². The minimum atomic E-state index is -3.39. The topological polar surface area (TPSA) is 62.3 Å². The van der Waals surface area contributed by atoms with Gasteiger partial charge < -0.3 is 0 Å². The Labute approximate surface area is 112 Å². The van der Waals surface area contributed by atoms with Crippen LogP contribution in [0.4, 0.5) is 0 Å². The predicted molar refractivity (Wildman–Crippen MR) is 72.5 cm³/mol. The van der Waals surface area contributed by atoms with Crippen molar-refractivity contribution in [1.29, 1.82) is 0 Å². The third kappa shape index (κ3) is 3.50. The highest BCUT2D eigenvalue weighted by atomic mass is 32.2. The van der Waals surface area contributed by atoms with Gasteiger partial charge in [0.25, 0.3) is 10.2 Å². The van der Waals surface area contributed by atoms with E-state index in [9.17, 15) is 8.42 Å². The molecule has 1 aliphatic carbocycles. The second-order valence-corrected chi connectivity index (χ2v) is 7.35. The molecule has 1 aromatic heterocycles. The van der Waals surface area contributed by atoms with Gasteiger partial charge >= 0.3 is 0 Å². The fourth-order valence-electron chi connectivity index (χ4n) is 2.24. The summed E-state index contributed by atoms with van der Waals surface area (Å²) in [6.45, 7) is 0.275. The maximum absolute atomic E-state index is 12.1. The zero-order valence-corrected chi connectivity index (χ0v) is 12.1. The molecule has 102 valence electrons. The maximum atomic E-state index is 12.1. The van der Waals surface area contributed by atoms with Crippen molar-refractivity contribution in [3.05, 3.63) is 16.6 Å². The van der Waals surface area contributed by atoms with Crippen molar-refractivity contribution in [3.8, 4) is 0 Å². The van der Waals surface area contributed by atoms with Gasteiger partial charge in [0.2, 0.25) is 0 Å². The van der Waals surface area contributed by atoms with Gasteiger partial charge in [-0.15, -0.1) is 11.3 Å². The predicted octanol–water partition coefficient (Wildman–Crippen LogP) is 1.74. The van der Waals surface area contributed by atoms with Crippen molar-refractivity contribution in [2.75, 3.05) is 7.05 Å². The average molecular weight is 289 g/mol. The lowest BCUT2D eigenvalue weighted by Crippen LogP contribution is -2.44. The van der Waals surface area contributed by atoms with E-state index in [2.05, 4.69) is 9.71 Å². The molecule has 1 heterocycles. The van der Waals surface area contributed by atoms with Crippen LogP contribution in [-0.4, -0.2) is 30.8 Å². The van der Waals surface area contributed by atoms with Gasteiger partial charge in [-0.25, -0.2) is 4.98 Å². The average Bonchev–Trinajstić information content (AvgIpc) is 2.90. The number of rotatable bonds is 5. The Kier molecular flexibility index (Phi) is 4.71. The summed E-state index contributed by atoms with van der Waals surface area (Å²) in [7, 11) is -1.72. The standard InChI is InChI=1S/C11H19N3O2S2/c1-14(10-5-3-2-4-6-10)18(15,16)13-9-11-12-7-8-17-11/h7-8,10,13H,2-6,9H2,1H3. The van der Waals surface area contributed by atoms with Gasteiger partial charge in [0.05, 0.1) is 6.54 Å². The highest BCUT2D eigenvalue weighted by molar-refractivity contribution is 7.87. The molecule has 2 rings (SSSR count). The lowest BCUT2D eigenvalue weighted by Gasteiger charge is -2.30. The van der Waals surface area contributed by atoms with Crippen LogP contribution in [0.15, 0.2) is 11.6 Å². The first-order valence-electron chi connectivity index (χ1n) is 6.20. The van der Waals surface area contributed by atoms with Gasteiger partial charge in [-0.05, 0) is 12.8 Å². The van der Waals surface area contributed by atoms with E-state index in [1.165, 1.54) is 22.1 Å². The molecule has 1 aromatic rings. The summed E-state index contributed by atoms with van der Waals surface area (Å²) in [5.41, 5.74) is 0. The number of hydrogen-bond donors (Lipinski definition) is 1. The molecule has 1 saturated carbocycles. The van der Waals surface area contributed by atoms with E-state index in [-0.39, 0.29) is 12.6 Å². The summed E-state index contributed by atoms with van der Waals surface area (Å²) in [6, 6.07) is 0.146. The zero-order valence-electron chi connectivity index (χ0n) is 10.5. The van der Waals surface area contributed by atoms with Gasteiger partial charge in [-0.1, -0.05) is 19.3 Å². The molecule has 1 N–H and O–H groups in total. The molecule has 0 aromatic carbocycles. The Morgan fingerprint density at radius 1 is 1.44 bits per heavy atom. The number of aromatic nitrogens is 1. The van der Waals surface area contributed by atoms with Crippen molar-refractivity contribution in [2.24, 2.45) is 0 Å². The summed E-state index contributed by atoms with van der Waals surface area (Å²) in [5, 5.41) is 2.63. The molecule has 5 nitrogen and oxygen atoms in total. The quantitative estimate of drug-likeness (QED) is 0.898. The van der Waals surface area contributed by atoms with Crippen LogP contribution in [0, 0.1) is 0 Å². The summed E-state index contributed by atoms with van der Waals surface area (Å²) < 4.78 is 28.3. The van der Waals surface area contributed by atoms with Gasteiger partial charge in [-0.2, -0.15) is 17.4 Å². The van der Waals surface area contributed by atoms with Crippen LogP contribution < -0.4 is 4.72 Å². The van der Waals surface area contributed by atoms with Crippen LogP contribution in [0.2, 0.25) is 0 Å². The van der Waals surface area contributed by atoms with E-state index in [1.54, 1.807) is 13.2 Å². The Morgan fingerprint density at radius 3 is 2.78 bits per heavy atom. The van der Waals surface area contributed by atoms with E-state index in [1.807, 2.05) is 5.38 Å². The largest absolute Gasteiger partial charge is 0.279 e. The Bertz CT molecular complexity index is 453. The van der Waals surface area contributed by atoms with E-state index >= 15 is 0 Å². The highest BCUT2D eigenvalue weighted by Gasteiger charge is 2.27. The van der Waals surface area contributed by atoms with Crippen LogP contribution in [-0.2, 0) is 16.8 Å². The Hall–Kier alpha value is -0.500. The van der Waals surface area contributed by atoms with Gasteiger partial charge in [-0.3, -0.25) is 0 Å². The van der Waals surface area contributed by atoms with E-state index in [4.69, 9.17) is 0 Å². The molecule has 0 radical (unpaired) electrons. The lowest BCUT2D eigenvalue weighted by atomic mass is 9.96. The second kappa shape index (κ2) is 6.10. The van der Waals surface area contributed by atoms with Crippen LogP contribution >= 0.6 is 11.3 Å². The molecule has 0 saturated heterocycles. The van der Waals surface area contributed by atoms with Gasteiger partial charge in [0, 0.05) is 24.7 Å². The molecule has 18 heavy (non-hydrogen) atoms. The fraction of sp³-hybridized carbons (Fsp3) is 0.727. The van der Waals surface area contributed by atoms with E-state index < -0.39 is 10.2 Å². The van der Waals surface area contributed by atoms with Crippen molar-refractivity contribution in [1.82, 2.24) is 14.0 Å². The number of nitrogens with zero attached hydrogens (tertiary/aromatic N) is 2. The summed E-state index contributed by atoms with van der Waals surface area (Å²) in [6.07, 6.45) is 7.08. The third-order valence-corrected chi connectivity index (χ3v) is 5.70. The van der Waals surface area contributed by atoms with Crippen molar-refractivity contribution in [3.63, 3.8) is 0 Å². The van der Waals surface area contributed by atoms with E-state index in [0.29, 0.717) is 0 Å². The molecule has 1 aliphatic rings. The monoisotopic (exact) mass is 289 g/mol. The maximum Gasteiger partial charge on any atom is 0.279 e. The summed E-state index contributed by atoms with van der Waals surface area (Å²) in [4.78, 5) is 4.06. The second-order valence-electron chi connectivity index (χ2n) is 4.56. The van der Waals surface area contributed by atoms with Crippen LogP contribution in [0.1, 0.15) is 37.1 Å². The molecular weight excluding hydrogens is 270 g/mol. The van der Waals surface area contributed by atoms with E-state index in [0.717, 1.165) is 30.7 Å². The molecule has 1 fully saturated rings. The molecule has 0 unspecified atom stereocenters. The molecule has 0 spiro atoms. The minimum absolute atomic E-state index is 0.146. The fourth-order valence-corrected chi connectivity index (χ4v) is 4.01. The van der Waals surface area contributed by atoms with Crippen molar-refractivity contribution >= 4 is 21.5 Å². The SMILES string of the molecule is CN(C1CCCCC1)S(=O)(=O)NCc1nccs1. The van der Waals surface area contributed by atoms with Crippen LogP contribution in [0.3, 0.4) is 0 Å². The highest BCUT2D eigenvalue weighted by Crippen LogP contribution is 2.23. The van der Waals surface area contributed by atoms with Crippen LogP contribution in [0.25, 0.3) is 0 Å². The first kappa shape index (κ1) is 13.9. The Morgan fingerprint density at radius 2 is 2.17 bits per heavy atom. The minimum Gasteiger partial charge on any atom is -0.248 e. The number of nitrogens with one attached hydrogen (secondary N) is 1.